The molecule has 0 saturated carbocycles. The van der Waals surface area contributed by atoms with Gasteiger partial charge in [0.25, 0.3) is 5.69 Å². The average molecular weight is 387 g/mol. The van der Waals surface area contributed by atoms with Crippen LogP contribution in [0.1, 0.15) is 5.56 Å². The Hall–Kier alpha value is -1.61. The zero-order valence-electron chi connectivity index (χ0n) is 12.5. The van der Waals surface area contributed by atoms with Crippen LogP contribution in [0.4, 0.5) is 5.69 Å². The fourth-order valence-corrected chi connectivity index (χ4v) is 4.24. The molecule has 6 nitrogen and oxygen atoms in total. The minimum absolute atomic E-state index is 0.118. The van der Waals surface area contributed by atoms with Crippen LogP contribution >= 0.6 is 23.4 Å². The van der Waals surface area contributed by atoms with E-state index in [0.29, 0.717) is 16.5 Å². The molecular weight excluding hydrogens is 372 g/mol. The van der Waals surface area contributed by atoms with Crippen LogP contribution in [0.25, 0.3) is 0 Å². The number of nitrogens with zero attached hydrogens (tertiary/aromatic N) is 1. The maximum Gasteiger partial charge on any atom is 0.270 e. The first-order valence-corrected chi connectivity index (χ1v) is 9.97. The van der Waals surface area contributed by atoms with E-state index in [1.165, 1.54) is 18.2 Å². The second-order valence-corrected chi connectivity index (χ2v) is 8.08. The highest BCUT2D eigenvalue weighted by Gasteiger charge is 2.16. The molecular formula is C15H15ClN2O4S2. The molecule has 0 fully saturated rings. The van der Waals surface area contributed by atoms with Crippen molar-refractivity contribution in [2.45, 2.75) is 10.6 Å². The molecule has 0 amide bonds. The molecule has 0 radical (unpaired) electrons. The summed E-state index contributed by atoms with van der Waals surface area (Å²) in [6, 6.07) is 12.4. The molecule has 0 unspecified atom stereocenters. The quantitative estimate of drug-likeness (QED) is 0.426. The fraction of sp³-hybridized carbons (Fsp3) is 0.200. The van der Waals surface area contributed by atoms with Crippen molar-refractivity contribution in [3.05, 3.63) is 69.2 Å². The van der Waals surface area contributed by atoms with E-state index in [-0.39, 0.29) is 17.1 Å². The molecule has 128 valence electrons. The standard InChI is InChI=1S/C15H15ClN2O4S2/c16-15-7-2-1-4-12(15)11-23-9-8-17-24(21,22)14-6-3-5-13(10-14)18(19)20/h1-7,10,17H,8-9,11H2. The molecule has 0 saturated heterocycles. The largest absolute Gasteiger partial charge is 0.270 e. The first-order chi connectivity index (χ1) is 11.4. The number of benzene rings is 2. The van der Waals surface area contributed by atoms with Crippen LogP contribution in [-0.2, 0) is 15.8 Å². The summed E-state index contributed by atoms with van der Waals surface area (Å²) in [5.41, 5.74) is 0.733. The van der Waals surface area contributed by atoms with Crippen LogP contribution in [0, 0.1) is 10.1 Å². The van der Waals surface area contributed by atoms with Crippen molar-refractivity contribution in [2.24, 2.45) is 0 Å². The number of sulfonamides is 1. The SMILES string of the molecule is O=[N+]([O-])c1cccc(S(=O)(=O)NCCSCc2ccccc2Cl)c1. The Labute approximate surface area is 149 Å². The summed E-state index contributed by atoms with van der Waals surface area (Å²) in [5, 5.41) is 11.4. The van der Waals surface area contributed by atoms with E-state index in [1.54, 1.807) is 11.8 Å². The normalized spacial score (nSPS) is 11.4. The van der Waals surface area contributed by atoms with Crippen LogP contribution in [0.3, 0.4) is 0 Å². The lowest BCUT2D eigenvalue weighted by atomic mass is 10.2. The van der Waals surface area contributed by atoms with Crippen LogP contribution in [-0.4, -0.2) is 25.6 Å². The van der Waals surface area contributed by atoms with Gasteiger partial charge in [0.15, 0.2) is 0 Å². The molecule has 0 aromatic heterocycles. The lowest BCUT2D eigenvalue weighted by molar-refractivity contribution is -0.385. The van der Waals surface area contributed by atoms with Crippen LogP contribution in [0.15, 0.2) is 53.4 Å². The first kappa shape index (κ1) is 18.7. The van der Waals surface area contributed by atoms with Gasteiger partial charge in [-0.1, -0.05) is 35.9 Å². The van der Waals surface area contributed by atoms with Crippen molar-refractivity contribution in [1.29, 1.82) is 0 Å². The Bertz CT molecular complexity index is 828. The van der Waals surface area contributed by atoms with Crippen molar-refractivity contribution in [3.63, 3.8) is 0 Å². The van der Waals surface area contributed by atoms with Gasteiger partial charge in [-0.15, -0.1) is 0 Å². The molecule has 0 aliphatic heterocycles. The van der Waals surface area contributed by atoms with E-state index in [1.807, 2.05) is 24.3 Å². The minimum Gasteiger partial charge on any atom is -0.258 e. The number of rotatable bonds is 8. The summed E-state index contributed by atoms with van der Waals surface area (Å²) >= 11 is 7.59. The van der Waals surface area contributed by atoms with Crippen LogP contribution < -0.4 is 4.72 Å². The molecule has 0 bridgehead atoms. The molecule has 24 heavy (non-hydrogen) atoms. The van der Waals surface area contributed by atoms with E-state index in [0.717, 1.165) is 11.6 Å². The third-order valence-corrected chi connectivity index (χ3v) is 5.93. The number of halogens is 1. The van der Waals surface area contributed by atoms with E-state index in [2.05, 4.69) is 4.72 Å². The highest BCUT2D eigenvalue weighted by Crippen LogP contribution is 2.21. The average Bonchev–Trinajstić information content (AvgIpc) is 2.56. The van der Waals surface area contributed by atoms with E-state index >= 15 is 0 Å². The molecule has 2 aromatic rings. The van der Waals surface area contributed by atoms with Gasteiger partial charge >= 0.3 is 0 Å². The number of thioether (sulfide) groups is 1. The summed E-state index contributed by atoms with van der Waals surface area (Å²) in [4.78, 5) is 9.97. The Morgan fingerprint density at radius 2 is 1.92 bits per heavy atom. The van der Waals surface area contributed by atoms with Crippen molar-refractivity contribution in [1.82, 2.24) is 4.72 Å². The number of non-ortho nitro benzene ring substituents is 1. The Morgan fingerprint density at radius 1 is 1.17 bits per heavy atom. The summed E-state index contributed by atoms with van der Waals surface area (Å²) in [7, 11) is -3.76. The van der Waals surface area contributed by atoms with Crippen molar-refractivity contribution < 1.29 is 13.3 Å². The van der Waals surface area contributed by atoms with Gasteiger partial charge in [0.2, 0.25) is 10.0 Å². The second-order valence-electron chi connectivity index (χ2n) is 4.80. The zero-order chi connectivity index (χ0) is 17.6. The molecule has 0 heterocycles. The summed E-state index contributed by atoms with van der Waals surface area (Å²) < 4.78 is 26.7. The molecule has 0 spiro atoms. The van der Waals surface area contributed by atoms with Gasteiger partial charge < -0.3 is 0 Å². The third kappa shape index (κ3) is 5.20. The lowest BCUT2D eigenvalue weighted by Crippen LogP contribution is -2.26. The maximum atomic E-state index is 12.1. The Balaban J connectivity index is 1.86. The van der Waals surface area contributed by atoms with Crippen LogP contribution in [0.2, 0.25) is 5.02 Å². The first-order valence-electron chi connectivity index (χ1n) is 6.95. The fourth-order valence-electron chi connectivity index (χ4n) is 1.89. The monoisotopic (exact) mass is 386 g/mol. The van der Waals surface area contributed by atoms with Crippen molar-refractivity contribution in [3.8, 4) is 0 Å². The van der Waals surface area contributed by atoms with Gasteiger partial charge in [-0.05, 0) is 17.7 Å². The van der Waals surface area contributed by atoms with Crippen molar-refractivity contribution in [2.75, 3.05) is 12.3 Å². The molecule has 1 N–H and O–H groups in total. The van der Waals surface area contributed by atoms with Gasteiger partial charge in [0, 0.05) is 35.2 Å². The molecule has 9 heteroatoms. The van der Waals surface area contributed by atoms with Gasteiger partial charge in [-0.2, -0.15) is 11.8 Å². The number of nitro benzene ring substituents is 1. The van der Waals surface area contributed by atoms with E-state index in [9.17, 15) is 18.5 Å². The predicted octanol–water partition coefficient (Wildman–Crippen LogP) is 3.46. The minimum atomic E-state index is -3.76. The van der Waals surface area contributed by atoms with Gasteiger partial charge in [-0.3, -0.25) is 10.1 Å². The van der Waals surface area contributed by atoms with Crippen LogP contribution in [0.5, 0.6) is 0 Å². The molecule has 0 aliphatic rings. The third-order valence-electron chi connectivity index (χ3n) is 3.09. The van der Waals surface area contributed by atoms with E-state index in [4.69, 9.17) is 11.6 Å². The number of nitrogens with one attached hydrogen (secondary N) is 1. The Kier molecular flexibility index (Phi) is 6.61. The lowest BCUT2D eigenvalue weighted by Gasteiger charge is -2.07. The maximum absolute atomic E-state index is 12.1. The molecule has 0 atom stereocenters. The highest BCUT2D eigenvalue weighted by atomic mass is 35.5. The number of nitro groups is 1. The smallest absolute Gasteiger partial charge is 0.258 e. The Morgan fingerprint density at radius 3 is 2.62 bits per heavy atom. The van der Waals surface area contributed by atoms with Gasteiger partial charge in [0.05, 0.1) is 9.82 Å². The topological polar surface area (TPSA) is 89.3 Å². The highest BCUT2D eigenvalue weighted by molar-refractivity contribution is 7.98. The van der Waals surface area contributed by atoms with Crippen molar-refractivity contribution >= 4 is 39.1 Å². The number of hydrogen-bond acceptors (Lipinski definition) is 5. The molecule has 0 aliphatic carbocycles. The summed E-state index contributed by atoms with van der Waals surface area (Å²) in [5.74, 6) is 1.23. The second kappa shape index (κ2) is 8.48. The van der Waals surface area contributed by atoms with E-state index < -0.39 is 14.9 Å². The zero-order valence-corrected chi connectivity index (χ0v) is 14.9. The van der Waals surface area contributed by atoms with Gasteiger partial charge in [-0.25, -0.2) is 13.1 Å². The molecule has 2 aromatic carbocycles. The summed E-state index contributed by atoms with van der Waals surface area (Å²) in [6.07, 6.45) is 0. The number of hydrogen-bond donors (Lipinski definition) is 1. The van der Waals surface area contributed by atoms with Gasteiger partial charge in [0.1, 0.15) is 0 Å². The summed E-state index contributed by atoms with van der Waals surface area (Å²) in [6.45, 7) is 0.222. The predicted molar refractivity (Wildman–Crippen MR) is 95.9 cm³/mol. The molecule has 2 rings (SSSR count).